The molecule has 1 saturated heterocycles. The molecule has 0 aliphatic carbocycles. The largest absolute Gasteiger partial charge is 0.496 e. The number of aliphatic hydroxyl groups is 3. The zero-order valence-electron chi connectivity index (χ0n) is 26.2. The van der Waals surface area contributed by atoms with Crippen molar-refractivity contribution in [1.29, 1.82) is 0 Å². The Bertz CT molecular complexity index is 1360. The number of ether oxygens (including phenoxy) is 5. The van der Waals surface area contributed by atoms with Crippen molar-refractivity contribution in [3.05, 3.63) is 58.1 Å². The van der Waals surface area contributed by atoms with Crippen LogP contribution in [0.2, 0.25) is 5.02 Å². The highest BCUT2D eigenvalue weighted by Crippen LogP contribution is 2.34. The van der Waals surface area contributed by atoms with Crippen molar-refractivity contribution in [2.24, 2.45) is 0 Å². The number of aldehydes is 1. The number of alkyl halides is 3. The Morgan fingerprint density at radius 3 is 2.23 bits per heavy atom. The second-order valence-electron chi connectivity index (χ2n) is 11.0. The molecule has 2 aromatic carbocycles. The van der Waals surface area contributed by atoms with Crippen LogP contribution in [0.4, 0.5) is 18.0 Å². The van der Waals surface area contributed by atoms with Gasteiger partial charge in [-0.3, -0.25) is 9.59 Å². The molecule has 0 spiro atoms. The number of amides is 2. The van der Waals surface area contributed by atoms with Crippen LogP contribution in [0.5, 0.6) is 11.5 Å². The first-order valence-electron chi connectivity index (χ1n) is 14.0. The van der Waals surface area contributed by atoms with Gasteiger partial charge in [0.05, 0.1) is 24.3 Å². The van der Waals surface area contributed by atoms with Crippen molar-refractivity contribution in [2.75, 3.05) is 20.8 Å². The molecule has 47 heavy (non-hydrogen) atoms. The van der Waals surface area contributed by atoms with Gasteiger partial charge >= 0.3 is 12.3 Å². The van der Waals surface area contributed by atoms with E-state index in [0.29, 0.717) is 0 Å². The minimum atomic E-state index is -4.64. The predicted octanol–water partition coefficient (Wildman–Crippen LogP) is 2.88. The van der Waals surface area contributed by atoms with Crippen molar-refractivity contribution in [3.63, 3.8) is 0 Å². The molecule has 262 valence electrons. The second kappa shape index (κ2) is 17.5. The van der Waals surface area contributed by atoms with Gasteiger partial charge in [0, 0.05) is 19.7 Å². The molecule has 0 radical (unpaired) electrons. The molecule has 0 unspecified atom stereocenters. The van der Waals surface area contributed by atoms with E-state index >= 15 is 0 Å². The number of benzene rings is 2. The molecule has 3 rings (SSSR count). The number of aliphatic hydroxyl groups excluding tert-OH is 3. The normalized spacial score (nSPS) is 21.1. The van der Waals surface area contributed by atoms with E-state index in [1.165, 1.54) is 26.4 Å². The number of alkyl carbamates (subject to hydrolysis) is 1. The lowest BCUT2D eigenvalue weighted by atomic mass is 9.96. The highest BCUT2D eigenvalue weighted by molar-refractivity contribution is 6.32. The lowest BCUT2D eigenvalue weighted by Gasteiger charge is -2.41. The lowest BCUT2D eigenvalue weighted by molar-refractivity contribution is -0.261. The molecule has 17 heteroatoms. The highest BCUT2D eigenvalue weighted by atomic mass is 35.5. The maximum absolute atomic E-state index is 13.1. The number of carbonyl (C=O) groups excluding carboxylic acids is 3. The summed E-state index contributed by atoms with van der Waals surface area (Å²) in [4.78, 5) is 33.8. The summed E-state index contributed by atoms with van der Waals surface area (Å²) >= 11 is 6.44. The molecule has 2 amide bonds. The number of methoxy groups -OCH3 is 2. The molecule has 0 bridgehead atoms. The molecule has 2 aromatic rings. The van der Waals surface area contributed by atoms with Gasteiger partial charge in [-0.15, -0.1) is 0 Å². The topological polar surface area (TPSA) is 182 Å². The fourth-order valence-corrected chi connectivity index (χ4v) is 4.36. The summed E-state index contributed by atoms with van der Waals surface area (Å²) in [6.07, 6.45) is -11.4. The minimum absolute atomic E-state index is 0.0425. The van der Waals surface area contributed by atoms with Gasteiger partial charge < -0.3 is 49.6 Å². The molecule has 1 aliphatic rings. The van der Waals surface area contributed by atoms with Crippen LogP contribution in [-0.4, -0.2) is 96.9 Å². The Hall–Kier alpha value is -3.67. The van der Waals surface area contributed by atoms with Crippen LogP contribution in [0.3, 0.4) is 0 Å². The molecule has 1 heterocycles. The van der Waals surface area contributed by atoms with Crippen LogP contribution >= 0.6 is 11.6 Å². The fourth-order valence-electron chi connectivity index (χ4n) is 4.14. The van der Waals surface area contributed by atoms with Crippen molar-refractivity contribution in [3.8, 4) is 11.5 Å². The summed E-state index contributed by atoms with van der Waals surface area (Å²) in [5, 5.41) is 35.5. The first-order chi connectivity index (χ1) is 21.9. The van der Waals surface area contributed by atoms with Gasteiger partial charge in [0.15, 0.2) is 6.29 Å². The van der Waals surface area contributed by atoms with E-state index in [1.54, 1.807) is 20.8 Å². The molecular weight excluding hydrogens is 657 g/mol. The van der Waals surface area contributed by atoms with Crippen LogP contribution in [0, 0.1) is 0 Å². The molecular formula is C30H38ClF3N2O11. The van der Waals surface area contributed by atoms with E-state index < -0.39 is 67.3 Å². The highest BCUT2D eigenvalue weighted by Gasteiger charge is 2.45. The molecule has 1 fully saturated rings. The van der Waals surface area contributed by atoms with E-state index in [0.717, 1.165) is 11.1 Å². The average Bonchev–Trinajstić information content (AvgIpc) is 3.01. The number of hydrogen-bond donors (Lipinski definition) is 5. The Labute approximate surface area is 273 Å². The second-order valence-corrected chi connectivity index (χ2v) is 11.5. The third kappa shape index (κ3) is 12.5. The monoisotopic (exact) mass is 694 g/mol. The Morgan fingerprint density at radius 1 is 1.04 bits per heavy atom. The van der Waals surface area contributed by atoms with Crippen LogP contribution in [0.25, 0.3) is 0 Å². The van der Waals surface area contributed by atoms with Crippen molar-refractivity contribution >= 4 is 29.9 Å². The van der Waals surface area contributed by atoms with E-state index in [1.807, 2.05) is 24.3 Å². The van der Waals surface area contributed by atoms with Crippen LogP contribution in [0.15, 0.2) is 36.4 Å². The van der Waals surface area contributed by atoms with Crippen LogP contribution in [-0.2, 0) is 32.2 Å². The van der Waals surface area contributed by atoms with E-state index in [9.17, 15) is 38.1 Å². The first-order valence-corrected chi connectivity index (χ1v) is 14.3. The molecule has 0 saturated carbocycles. The number of hydrogen-bond acceptors (Lipinski definition) is 11. The van der Waals surface area contributed by atoms with Gasteiger partial charge in [0.1, 0.15) is 48.1 Å². The molecule has 5 atom stereocenters. The molecule has 0 aromatic heterocycles. The van der Waals surface area contributed by atoms with E-state index in [-0.39, 0.29) is 35.2 Å². The van der Waals surface area contributed by atoms with Gasteiger partial charge in [-0.1, -0.05) is 35.9 Å². The van der Waals surface area contributed by atoms with Gasteiger partial charge in [-0.25, -0.2) is 4.79 Å². The smallest absolute Gasteiger partial charge is 0.446 e. The zero-order chi connectivity index (χ0) is 35.5. The van der Waals surface area contributed by atoms with Crippen molar-refractivity contribution < 1.29 is 66.6 Å². The van der Waals surface area contributed by atoms with Crippen LogP contribution < -0.4 is 20.1 Å². The average molecular weight is 695 g/mol. The van der Waals surface area contributed by atoms with Crippen molar-refractivity contribution in [1.82, 2.24) is 10.6 Å². The fraction of sp³-hybridized carbons (Fsp3) is 0.500. The number of halogens is 4. The lowest BCUT2D eigenvalue weighted by Crippen LogP contribution is -2.64. The number of carbonyl (C=O) groups is 3. The Balaban J connectivity index is 0.00000117. The quantitative estimate of drug-likeness (QED) is 0.231. The first kappa shape index (κ1) is 39.5. The van der Waals surface area contributed by atoms with Crippen molar-refractivity contribution in [2.45, 2.75) is 76.3 Å². The SMILES string of the molecule is COc1cc(OCc2cccc(CNC(=O)OC(C)(C)C)c2)c(Cl)cc1C(=O)N[C@H]1[C@@H](OC)O[C@H](CO)[C@@H](O)[C@@H]1O.O=CC(F)(F)F. The molecule has 13 nitrogen and oxygen atoms in total. The van der Waals surface area contributed by atoms with Gasteiger partial charge in [0.2, 0.25) is 6.29 Å². The summed E-state index contributed by atoms with van der Waals surface area (Å²) in [6, 6.07) is 9.07. The van der Waals surface area contributed by atoms with E-state index in [2.05, 4.69) is 10.6 Å². The summed E-state index contributed by atoms with van der Waals surface area (Å²) in [6.45, 7) is 5.22. The minimum Gasteiger partial charge on any atom is -0.496 e. The summed E-state index contributed by atoms with van der Waals surface area (Å²) in [5.41, 5.74) is 1.09. The predicted molar refractivity (Wildman–Crippen MR) is 160 cm³/mol. The third-order valence-corrected chi connectivity index (χ3v) is 6.56. The van der Waals surface area contributed by atoms with E-state index in [4.69, 9.17) is 40.1 Å². The summed E-state index contributed by atoms with van der Waals surface area (Å²) < 4.78 is 58.4. The Morgan fingerprint density at radius 2 is 1.68 bits per heavy atom. The maximum atomic E-state index is 13.1. The summed E-state index contributed by atoms with van der Waals surface area (Å²) in [7, 11) is 2.68. The zero-order valence-corrected chi connectivity index (χ0v) is 26.9. The van der Waals surface area contributed by atoms with Crippen LogP contribution in [0.1, 0.15) is 42.3 Å². The maximum Gasteiger partial charge on any atom is 0.446 e. The standard InChI is InChI=1S/C28H37ClN2O10.C2HF3O/c1-28(2,3)41-27(36)30-12-15-7-6-8-16(9-15)14-39-20-11-19(37-4)17(10-18(20)29)25(35)31-22-24(34)23(33)21(13-32)40-26(22)38-5;3-2(4,5)1-6/h6-11,21-24,26,32-34H,12-14H2,1-5H3,(H,30,36)(H,31,35);1H/t21-,22-,23-,24-,26+;/m1./s1. The Kier molecular flexibility index (Phi) is 14.7. The summed E-state index contributed by atoms with van der Waals surface area (Å²) in [5.74, 6) is -0.273. The number of rotatable bonds is 10. The molecule has 1 aliphatic heterocycles. The van der Waals surface area contributed by atoms with Gasteiger partial charge in [-0.2, -0.15) is 13.2 Å². The number of nitrogens with one attached hydrogen (secondary N) is 2. The third-order valence-electron chi connectivity index (χ3n) is 6.26. The van der Waals surface area contributed by atoms with Gasteiger partial charge in [-0.05, 0) is 38.0 Å². The molecule has 5 N–H and O–H groups in total. The van der Waals surface area contributed by atoms with Gasteiger partial charge in [0.25, 0.3) is 5.91 Å².